The first kappa shape index (κ1) is 40.6. The molecular formula is C40H51NO15. The molecule has 3 saturated heterocycles. The molecule has 306 valence electrons. The normalized spacial score (nSPS) is 37.3. The van der Waals surface area contributed by atoms with Gasteiger partial charge in [-0.3, -0.25) is 14.4 Å². The smallest absolute Gasteiger partial charge is 0.202 e. The van der Waals surface area contributed by atoms with Crippen molar-refractivity contribution < 1.29 is 73.4 Å². The number of carbonyl (C=O) groups is 3. The summed E-state index contributed by atoms with van der Waals surface area (Å²) in [5.41, 5.74) is -3.41. The highest BCUT2D eigenvalue weighted by Gasteiger charge is 2.51. The number of hydrogen-bond acceptors (Lipinski definition) is 16. The number of aliphatic hydroxyl groups excluding tert-OH is 2. The van der Waals surface area contributed by atoms with Gasteiger partial charge in [-0.15, -0.1) is 0 Å². The Hall–Kier alpha value is -3.55. The number of Topliss-reactive ketones (excluding diaryl/α,β-unsaturated/α-hetero) is 1. The second kappa shape index (κ2) is 15.3. The van der Waals surface area contributed by atoms with Crippen molar-refractivity contribution in [3.8, 4) is 17.2 Å². The Morgan fingerprint density at radius 3 is 2.04 bits per heavy atom. The van der Waals surface area contributed by atoms with Crippen molar-refractivity contribution in [3.63, 3.8) is 0 Å². The molecule has 0 saturated carbocycles. The fraction of sp³-hybridized carbons (Fsp3) is 0.625. The Morgan fingerprint density at radius 2 is 1.43 bits per heavy atom. The zero-order valence-electron chi connectivity index (χ0n) is 32.2. The van der Waals surface area contributed by atoms with Crippen LogP contribution in [0.15, 0.2) is 18.2 Å². The molecule has 16 heteroatoms. The number of rotatable bonds is 8. The summed E-state index contributed by atoms with van der Waals surface area (Å²) in [6.45, 7) is 6.91. The van der Waals surface area contributed by atoms with Crippen molar-refractivity contribution >= 4 is 17.3 Å². The van der Waals surface area contributed by atoms with Crippen LogP contribution in [0.25, 0.3) is 0 Å². The predicted octanol–water partition coefficient (Wildman–Crippen LogP) is 2.64. The molecule has 2 aromatic carbocycles. The molecule has 0 bridgehead atoms. The number of likely N-dealkylation sites (N-methyl/N-ethyl adjacent to an activating group) is 1. The third-order valence-electron chi connectivity index (χ3n) is 12.1. The second-order valence-electron chi connectivity index (χ2n) is 15.9. The molecule has 7 rings (SSSR count). The van der Waals surface area contributed by atoms with Gasteiger partial charge in [-0.2, -0.15) is 0 Å². The molecule has 0 spiro atoms. The third kappa shape index (κ3) is 7.03. The van der Waals surface area contributed by atoms with Gasteiger partial charge in [-0.05, 0) is 65.0 Å². The number of nitrogens with zero attached hydrogens (tertiary/aromatic N) is 1. The van der Waals surface area contributed by atoms with Gasteiger partial charge in [-0.1, -0.05) is 6.92 Å². The summed E-state index contributed by atoms with van der Waals surface area (Å²) in [6, 6.07) is 3.05. The predicted molar refractivity (Wildman–Crippen MR) is 193 cm³/mol. The molecule has 13 atom stereocenters. The average molecular weight is 786 g/mol. The van der Waals surface area contributed by atoms with Gasteiger partial charge in [0, 0.05) is 49.3 Å². The van der Waals surface area contributed by atoms with E-state index in [0.29, 0.717) is 12.8 Å². The van der Waals surface area contributed by atoms with Crippen molar-refractivity contribution in [3.05, 3.63) is 51.6 Å². The Kier molecular flexibility index (Phi) is 11.1. The van der Waals surface area contributed by atoms with E-state index < -0.39 is 119 Å². The van der Waals surface area contributed by atoms with Crippen molar-refractivity contribution in [2.75, 3.05) is 14.1 Å². The highest BCUT2D eigenvalue weighted by atomic mass is 16.7. The third-order valence-corrected chi connectivity index (χ3v) is 12.1. The SMILES string of the molecule is CCC1(O)CC(OC2CC(N(C)C)C(OC3CC(O)C(OC4CCC(=O)C(C)O4)C(C)O3)C(C)O2)c2c(cc3c(c2O)C(=O)c2c(O)ccc(O)c2C3=O)C1O. The Bertz CT molecular complexity index is 1870. The topological polar surface area (TPSA) is 231 Å². The molecule has 16 nitrogen and oxygen atoms in total. The summed E-state index contributed by atoms with van der Waals surface area (Å²) in [5, 5.41) is 67.1. The van der Waals surface area contributed by atoms with Crippen LogP contribution >= 0.6 is 0 Å². The minimum Gasteiger partial charge on any atom is -0.507 e. The maximum Gasteiger partial charge on any atom is 0.202 e. The number of aromatic hydroxyl groups is 3. The van der Waals surface area contributed by atoms with Crippen molar-refractivity contribution in [2.45, 2.75) is 146 Å². The fourth-order valence-corrected chi connectivity index (χ4v) is 8.84. The summed E-state index contributed by atoms with van der Waals surface area (Å²) in [5.74, 6) is -3.49. The van der Waals surface area contributed by atoms with E-state index in [-0.39, 0.29) is 54.2 Å². The van der Waals surface area contributed by atoms with Crippen LogP contribution in [0, 0.1) is 0 Å². The molecule has 6 N–H and O–H groups in total. The molecule has 3 aliphatic heterocycles. The van der Waals surface area contributed by atoms with E-state index in [2.05, 4.69) is 0 Å². The summed E-state index contributed by atoms with van der Waals surface area (Å²) < 4.78 is 37.3. The van der Waals surface area contributed by atoms with Crippen LogP contribution in [0.3, 0.4) is 0 Å². The Balaban J connectivity index is 1.11. The number of benzene rings is 2. The number of ether oxygens (including phenoxy) is 6. The molecule has 2 aliphatic carbocycles. The van der Waals surface area contributed by atoms with Gasteiger partial charge in [0.15, 0.2) is 30.4 Å². The standard InChI is InChI=1S/C40H51NO15/c1-7-40(50)15-26(30-20(39(40)49)12-19-31(35(30)47)36(48)33-24(44)9-8-23(43)32(33)34(19)46)54-28-13-21(41(5)6)37(17(3)52-28)56-29-14-25(45)38(18(4)53-29)55-27-11-10-22(42)16(2)51-27/h8-9,12,16-18,21,25-29,37-39,43-45,47,49-50H,7,10-11,13-15H2,1-6H3. The minimum atomic E-state index is -1.76. The van der Waals surface area contributed by atoms with Gasteiger partial charge < -0.3 is 64.0 Å². The van der Waals surface area contributed by atoms with E-state index in [0.717, 1.165) is 12.1 Å². The number of hydrogen-bond donors (Lipinski definition) is 6. The van der Waals surface area contributed by atoms with Gasteiger partial charge in [0.1, 0.15) is 41.7 Å². The van der Waals surface area contributed by atoms with E-state index in [1.54, 1.807) is 27.7 Å². The molecule has 2 aromatic rings. The van der Waals surface area contributed by atoms with Crippen LogP contribution in [0.4, 0.5) is 0 Å². The van der Waals surface area contributed by atoms with Crippen LogP contribution in [-0.2, 0) is 33.2 Å². The lowest BCUT2D eigenvalue weighted by Gasteiger charge is -2.48. The van der Waals surface area contributed by atoms with E-state index in [9.17, 15) is 45.0 Å². The lowest BCUT2D eigenvalue weighted by atomic mass is 9.71. The number of phenolic OH excluding ortho intramolecular Hbond substituents is 3. The summed E-state index contributed by atoms with van der Waals surface area (Å²) in [6.07, 6.45) is -8.19. The second-order valence-corrected chi connectivity index (χ2v) is 15.9. The molecule has 5 aliphatic rings. The maximum atomic E-state index is 13.8. The molecule has 56 heavy (non-hydrogen) atoms. The van der Waals surface area contributed by atoms with Crippen molar-refractivity contribution in [1.29, 1.82) is 0 Å². The fourth-order valence-electron chi connectivity index (χ4n) is 8.84. The summed E-state index contributed by atoms with van der Waals surface area (Å²) in [4.78, 5) is 41.3. The molecule has 3 fully saturated rings. The van der Waals surface area contributed by atoms with Gasteiger partial charge in [0.05, 0.1) is 46.7 Å². The zero-order chi connectivity index (χ0) is 40.5. The first-order chi connectivity index (χ1) is 26.4. The van der Waals surface area contributed by atoms with Gasteiger partial charge in [-0.25, -0.2) is 0 Å². The molecular weight excluding hydrogens is 734 g/mol. The van der Waals surface area contributed by atoms with E-state index in [1.165, 1.54) is 6.07 Å². The van der Waals surface area contributed by atoms with Gasteiger partial charge >= 0.3 is 0 Å². The lowest BCUT2D eigenvalue weighted by Crippen LogP contribution is -2.58. The molecule has 3 heterocycles. The van der Waals surface area contributed by atoms with Crippen LogP contribution in [-0.4, -0.2) is 134 Å². The number of ketones is 3. The number of carbonyl (C=O) groups excluding carboxylic acids is 3. The van der Waals surface area contributed by atoms with Crippen LogP contribution in [0.2, 0.25) is 0 Å². The molecule has 13 unspecified atom stereocenters. The zero-order valence-corrected chi connectivity index (χ0v) is 32.2. The van der Waals surface area contributed by atoms with E-state index in [4.69, 9.17) is 28.4 Å². The molecule has 0 radical (unpaired) electrons. The van der Waals surface area contributed by atoms with Gasteiger partial charge in [0.25, 0.3) is 0 Å². The lowest BCUT2D eigenvalue weighted by molar-refractivity contribution is -0.325. The summed E-state index contributed by atoms with van der Waals surface area (Å²) in [7, 11) is 3.73. The highest BCUT2D eigenvalue weighted by Crippen LogP contribution is 2.53. The quantitative estimate of drug-likeness (QED) is 0.180. The van der Waals surface area contributed by atoms with Gasteiger partial charge in [0.2, 0.25) is 5.78 Å². The van der Waals surface area contributed by atoms with Crippen LogP contribution in [0.1, 0.15) is 121 Å². The number of phenols is 3. The highest BCUT2D eigenvalue weighted by molar-refractivity contribution is 6.31. The van der Waals surface area contributed by atoms with Crippen molar-refractivity contribution in [2.24, 2.45) is 0 Å². The first-order valence-corrected chi connectivity index (χ1v) is 19.2. The number of aliphatic hydroxyl groups is 3. The number of fused-ring (bicyclic) bond motifs is 3. The Morgan fingerprint density at radius 1 is 0.821 bits per heavy atom. The first-order valence-electron chi connectivity index (χ1n) is 19.2. The van der Waals surface area contributed by atoms with E-state index >= 15 is 0 Å². The maximum absolute atomic E-state index is 13.8. The molecule has 0 aromatic heterocycles. The monoisotopic (exact) mass is 785 g/mol. The van der Waals surface area contributed by atoms with Crippen molar-refractivity contribution in [1.82, 2.24) is 4.90 Å². The van der Waals surface area contributed by atoms with Crippen LogP contribution < -0.4 is 0 Å². The molecule has 0 amide bonds. The van der Waals surface area contributed by atoms with Crippen LogP contribution in [0.5, 0.6) is 17.2 Å². The summed E-state index contributed by atoms with van der Waals surface area (Å²) >= 11 is 0. The minimum absolute atomic E-state index is 0.00494. The van der Waals surface area contributed by atoms with E-state index in [1.807, 2.05) is 19.0 Å². The Labute approximate surface area is 323 Å². The average Bonchev–Trinajstić information content (AvgIpc) is 3.13. The largest absolute Gasteiger partial charge is 0.507 e.